The van der Waals surface area contributed by atoms with E-state index in [1.54, 1.807) is 18.3 Å². The minimum absolute atomic E-state index is 0.0967. The number of nitrogens with one attached hydrogen (secondary N) is 1. The standard InChI is InChI=1S/C30H27BrClN3O7S/c1-3-4-11-41-29(38)21-15-19(8-9-23(21)32)34-26(36)16-35-28(37)25(43-30(35)39)14-18-12-22(31)27(24(13-18)40-2)42-17-20-7-5-6-10-33-20/h5-10,12-15H,3-4,11,16-17H2,1-2H3,(H,34,36)/b25-14+. The van der Waals surface area contributed by atoms with Gasteiger partial charge in [0.05, 0.1) is 39.4 Å². The van der Waals surface area contributed by atoms with E-state index in [1.165, 1.54) is 31.4 Å². The molecule has 1 aliphatic heterocycles. The van der Waals surface area contributed by atoms with E-state index >= 15 is 0 Å². The summed E-state index contributed by atoms with van der Waals surface area (Å²) in [6, 6.07) is 13.3. The van der Waals surface area contributed by atoms with Crippen LogP contribution >= 0.6 is 39.3 Å². The fourth-order valence-electron chi connectivity index (χ4n) is 3.87. The average molecular weight is 689 g/mol. The van der Waals surface area contributed by atoms with Crippen molar-refractivity contribution in [1.29, 1.82) is 0 Å². The summed E-state index contributed by atoms with van der Waals surface area (Å²) < 4.78 is 17.2. The summed E-state index contributed by atoms with van der Waals surface area (Å²) in [6.07, 6.45) is 4.78. The molecule has 0 spiro atoms. The van der Waals surface area contributed by atoms with Gasteiger partial charge in [0.25, 0.3) is 11.1 Å². The normalized spacial score (nSPS) is 13.8. The van der Waals surface area contributed by atoms with Crippen LogP contribution in [0, 0.1) is 0 Å². The second kappa shape index (κ2) is 15.0. The van der Waals surface area contributed by atoms with Gasteiger partial charge in [-0.15, -0.1) is 0 Å². The zero-order valence-electron chi connectivity index (χ0n) is 23.2. The van der Waals surface area contributed by atoms with Crippen molar-refractivity contribution < 1.29 is 33.4 Å². The van der Waals surface area contributed by atoms with Crippen molar-refractivity contribution in [3.8, 4) is 11.5 Å². The van der Waals surface area contributed by atoms with Gasteiger partial charge < -0.3 is 19.5 Å². The van der Waals surface area contributed by atoms with E-state index in [2.05, 4.69) is 26.2 Å². The number of carbonyl (C=O) groups is 4. The van der Waals surface area contributed by atoms with Gasteiger partial charge in [0.15, 0.2) is 11.5 Å². The van der Waals surface area contributed by atoms with Crippen LogP contribution in [0.15, 0.2) is 64.1 Å². The molecule has 0 bridgehead atoms. The van der Waals surface area contributed by atoms with Crippen LogP contribution in [0.5, 0.6) is 11.5 Å². The molecule has 224 valence electrons. The fourth-order valence-corrected chi connectivity index (χ4v) is 5.48. The number of imide groups is 1. The topological polar surface area (TPSA) is 124 Å². The number of hydrogen-bond donors (Lipinski definition) is 1. The molecule has 13 heteroatoms. The quantitative estimate of drug-likeness (QED) is 0.126. The van der Waals surface area contributed by atoms with E-state index in [0.29, 0.717) is 28.0 Å². The maximum absolute atomic E-state index is 13.1. The highest BCUT2D eigenvalue weighted by Gasteiger charge is 2.36. The number of benzene rings is 2. The number of anilines is 1. The van der Waals surface area contributed by atoms with Crippen LogP contribution in [-0.4, -0.2) is 53.2 Å². The van der Waals surface area contributed by atoms with E-state index in [-0.39, 0.29) is 34.4 Å². The van der Waals surface area contributed by atoms with Gasteiger partial charge in [-0.3, -0.25) is 24.3 Å². The number of pyridine rings is 1. The van der Waals surface area contributed by atoms with Crippen LogP contribution in [0.25, 0.3) is 6.08 Å². The smallest absolute Gasteiger partial charge is 0.339 e. The summed E-state index contributed by atoms with van der Waals surface area (Å²) >= 11 is 10.3. The summed E-state index contributed by atoms with van der Waals surface area (Å²) in [5.41, 5.74) is 1.67. The van der Waals surface area contributed by atoms with Crippen molar-refractivity contribution in [2.24, 2.45) is 0 Å². The number of unbranched alkanes of at least 4 members (excludes halogenated alkanes) is 1. The van der Waals surface area contributed by atoms with Crippen LogP contribution in [-0.2, 0) is 20.9 Å². The van der Waals surface area contributed by atoms with Gasteiger partial charge in [0, 0.05) is 11.9 Å². The van der Waals surface area contributed by atoms with Crippen molar-refractivity contribution in [1.82, 2.24) is 9.88 Å². The Bertz CT molecular complexity index is 1570. The second-order valence-electron chi connectivity index (χ2n) is 9.14. The highest BCUT2D eigenvalue weighted by Crippen LogP contribution is 2.39. The van der Waals surface area contributed by atoms with E-state index < -0.39 is 29.6 Å². The molecule has 0 saturated carbocycles. The number of ether oxygens (including phenoxy) is 3. The Morgan fingerprint density at radius 3 is 2.70 bits per heavy atom. The number of rotatable bonds is 12. The SMILES string of the molecule is CCCCOC(=O)c1cc(NC(=O)CN2C(=O)S/C(=C/c3cc(Br)c(OCc4ccccn4)c(OC)c3)C2=O)ccc1Cl. The molecule has 2 heterocycles. The van der Waals surface area contributed by atoms with Crippen molar-refractivity contribution >= 4 is 74.1 Å². The molecule has 3 aromatic rings. The Balaban J connectivity index is 1.42. The molecule has 1 N–H and O–H groups in total. The molecule has 10 nitrogen and oxygen atoms in total. The van der Waals surface area contributed by atoms with E-state index in [4.69, 9.17) is 25.8 Å². The number of carbonyl (C=O) groups excluding carboxylic acids is 4. The number of methoxy groups -OCH3 is 1. The van der Waals surface area contributed by atoms with E-state index in [0.717, 1.165) is 28.8 Å². The number of thioether (sulfide) groups is 1. The highest BCUT2D eigenvalue weighted by atomic mass is 79.9. The molecule has 3 amide bonds. The fraction of sp³-hybridized carbons (Fsp3) is 0.233. The number of nitrogens with zero attached hydrogens (tertiary/aromatic N) is 2. The van der Waals surface area contributed by atoms with Gasteiger partial charge in [-0.25, -0.2) is 4.79 Å². The lowest BCUT2D eigenvalue weighted by Gasteiger charge is -2.14. The molecule has 0 aliphatic carbocycles. The monoisotopic (exact) mass is 687 g/mol. The van der Waals surface area contributed by atoms with E-state index in [1.807, 2.05) is 25.1 Å². The highest BCUT2D eigenvalue weighted by molar-refractivity contribution is 9.10. The Kier molecular flexibility index (Phi) is 11.2. The summed E-state index contributed by atoms with van der Waals surface area (Å²) in [7, 11) is 1.49. The number of amides is 3. The van der Waals surface area contributed by atoms with Crippen LogP contribution in [0.3, 0.4) is 0 Å². The summed E-state index contributed by atoms with van der Waals surface area (Å²) in [4.78, 5) is 56.1. The number of halogens is 2. The van der Waals surface area contributed by atoms with Crippen molar-refractivity contribution in [2.45, 2.75) is 26.4 Å². The Hall–Kier alpha value is -3.87. The van der Waals surface area contributed by atoms with Crippen LogP contribution in [0.4, 0.5) is 10.5 Å². The van der Waals surface area contributed by atoms with Gasteiger partial charge in [-0.1, -0.05) is 31.0 Å². The van der Waals surface area contributed by atoms with Crippen molar-refractivity contribution in [3.05, 3.63) is 85.9 Å². The molecule has 0 radical (unpaired) electrons. The molecular weight excluding hydrogens is 662 g/mol. The Morgan fingerprint density at radius 1 is 1.16 bits per heavy atom. The first-order valence-corrected chi connectivity index (χ1v) is 15.1. The minimum atomic E-state index is -0.630. The summed E-state index contributed by atoms with van der Waals surface area (Å²) in [6.45, 7) is 1.92. The van der Waals surface area contributed by atoms with Crippen molar-refractivity contribution in [3.63, 3.8) is 0 Å². The molecule has 1 fully saturated rings. The summed E-state index contributed by atoms with van der Waals surface area (Å²) in [5, 5.41) is 2.17. The Morgan fingerprint density at radius 2 is 1.98 bits per heavy atom. The molecule has 1 aliphatic rings. The molecule has 0 atom stereocenters. The van der Waals surface area contributed by atoms with Gasteiger partial charge in [0.1, 0.15) is 13.2 Å². The minimum Gasteiger partial charge on any atom is -0.493 e. The first kappa shape index (κ1) is 32.1. The molecule has 1 saturated heterocycles. The third-order valence-corrected chi connectivity index (χ3v) is 7.84. The van der Waals surface area contributed by atoms with Gasteiger partial charge in [0.2, 0.25) is 5.91 Å². The largest absolute Gasteiger partial charge is 0.493 e. The summed E-state index contributed by atoms with van der Waals surface area (Å²) in [5.74, 6) is -0.995. The molecule has 2 aromatic carbocycles. The molecule has 0 unspecified atom stereocenters. The van der Waals surface area contributed by atoms with Crippen LogP contribution in [0.2, 0.25) is 5.02 Å². The third kappa shape index (κ3) is 8.37. The van der Waals surface area contributed by atoms with Crippen molar-refractivity contribution in [2.75, 3.05) is 25.6 Å². The lowest BCUT2D eigenvalue weighted by Crippen LogP contribution is -2.36. The number of hydrogen-bond acceptors (Lipinski definition) is 9. The first-order chi connectivity index (χ1) is 20.7. The molecule has 4 rings (SSSR count). The zero-order chi connectivity index (χ0) is 30.9. The molecular formula is C30H27BrClN3O7S. The zero-order valence-corrected chi connectivity index (χ0v) is 26.4. The predicted molar refractivity (Wildman–Crippen MR) is 167 cm³/mol. The third-order valence-electron chi connectivity index (χ3n) is 6.02. The Labute approximate surface area is 265 Å². The average Bonchev–Trinajstić information content (AvgIpc) is 3.24. The number of aromatic nitrogens is 1. The first-order valence-electron chi connectivity index (χ1n) is 13.1. The maximum atomic E-state index is 13.1. The number of esters is 1. The predicted octanol–water partition coefficient (Wildman–Crippen LogP) is 6.72. The van der Waals surface area contributed by atoms with E-state index in [9.17, 15) is 19.2 Å². The molecule has 43 heavy (non-hydrogen) atoms. The van der Waals surface area contributed by atoms with Gasteiger partial charge in [-0.2, -0.15) is 0 Å². The van der Waals surface area contributed by atoms with Crippen LogP contribution < -0.4 is 14.8 Å². The lowest BCUT2D eigenvalue weighted by atomic mass is 10.2. The van der Waals surface area contributed by atoms with Gasteiger partial charge in [-0.05, 0) is 88.2 Å². The van der Waals surface area contributed by atoms with Gasteiger partial charge >= 0.3 is 5.97 Å². The second-order valence-corrected chi connectivity index (χ2v) is 11.4. The maximum Gasteiger partial charge on any atom is 0.339 e. The molecule has 1 aromatic heterocycles. The van der Waals surface area contributed by atoms with Crippen LogP contribution in [0.1, 0.15) is 41.4 Å². The lowest BCUT2D eigenvalue weighted by molar-refractivity contribution is -0.127.